The fourth-order valence-corrected chi connectivity index (χ4v) is 4.33. The standard InChI is InChI=1S/C22H24BrN3O2S/c1-3-4-12-24-20(27)14-29-22-25-19-11-10-17(23)13-18(19)21(28)26(22)15(2)16-8-6-5-7-9-16/h5-11,13,15H,3-4,12,14H2,1-2H3,(H,24,27). The van der Waals surface area contributed by atoms with Gasteiger partial charge in [-0.25, -0.2) is 4.98 Å². The lowest BCUT2D eigenvalue weighted by molar-refractivity contribution is -0.118. The summed E-state index contributed by atoms with van der Waals surface area (Å²) in [5.41, 5.74) is 1.53. The number of unbranched alkanes of at least 4 members (excludes halogenated alkanes) is 1. The minimum absolute atomic E-state index is 0.0486. The molecular weight excluding hydrogens is 450 g/mol. The summed E-state index contributed by atoms with van der Waals surface area (Å²) < 4.78 is 2.52. The summed E-state index contributed by atoms with van der Waals surface area (Å²) >= 11 is 4.73. The van der Waals surface area contributed by atoms with Crippen molar-refractivity contribution in [3.8, 4) is 0 Å². The minimum Gasteiger partial charge on any atom is -0.355 e. The Labute approximate surface area is 183 Å². The minimum atomic E-state index is -0.203. The van der Waals surface area contributed by atoms with Gasteiger partial charge >= 0.3 is 0 Å². The lowest BCUT2D eigenvalue weighted by Crippen LogP contribution is -2.29. The van der Waals surface area contributed by atoms with E-state index in [2.05, 4.69) is 28.2 Å². The van der Waals surface area contributed by atoms with Crippen LogP contribution >= 0.6 is 27.7 Å². The molecule has 29 heavy (non-hydrogen) atoms. The topological polar surface area (TPSA) is 64.0 Å². The van der Waals surface area contributed by atoms with Crippen molar-refractivity contribution in [1.29, 1.82) is 0 Å². The van der Waals surface area contributed by atoms with E-state index < -0.39 is 0 Å². The van der Waals surface area contributed by atoms with E-state index in [9.17, 15) is 9.59 Å². The molecule has 0 aliphatic rings. The Hall–Kier alpha value is -2.12. The van der Waals surface area contributed by atoms with Crippen LogP contribution in [0.25, 0.3) is 10.9 Å². The van der Waals surface area contributed by atoms with Gasteiger partial charge in [0.2, 0.25) is 5.91 Å². The highest BCUT2D eigenvalue weighted by Gasteiger charge is 2.19. The van der Waals surface area contributed by atoms with Gasteiger partial charge in [-0.05, 0) is 37.1 Å². The Kier molecular flexibility index (Phi) is 7.50. The average molecular weight is 474 g/mol. The number of rotatable bonds is 8. The maximum Gasteiger partial charge on any atom is 0.262 e. The first-order valence-electron chi connectivity index (χ1n) is 9.67. The summed E-state index contributed by atoms with van der Waals surface area (Å²) in [5.74, 6) is 0.173. The van der Waals surface area contributed by atoms with Gasteiger partial charge < -0.3 is 5.32 Å². The number of hydrogen-bond acceptors (Lipinski definition) is 4. The molecule has 0 aliphatic carbocycles. The number of nitrogens with zero attached hydrogens (tertiary/aromatic N) is 2. The summed E-state index contributed by atoms with van der Waals surface area (Å²) in [4.78, 5) is 30.3. The third kappa shape index (κ3) is 5.28. The van der Waals surface area contributed by atoms with Crippen LogP contribution in [-0.2, 0) is 4.79 Å². The van der Waals surface area contributed by atoms with Crippen molar-refractivity contribution < 1.29 is 4.79 Å². The van der Waals surface area contributed by atoms with Gasteiger partial charge in [-0.1, -0.05) is 71.4 Å². The molecule has 0 bridgehead atoms. The number of amides is 1. The van der Waals surface area contributed by atoms with E-state index in [0.29, 0.717) is 22.6 Å². The number of fused-ring (bicyclic) bond motifs is 1. The summed E-state index contributed by atoms with van der Waals surface area (Å²) in [5, 5.41) is 4.01. The molecule has 1 amide bonds. The highest BCUT2D eigenvalue weighted by Crippen LogP contribution is 2.25. The summed E-state index contributed by atoms with van der Waals surface area (Å²) in [6, 6.07) is 15.1. The van der Waals surface area contributed by atoms with E-state index in [1.807, 2.05) is 49.4 Å². The Bertz CT molecular complexity index is 1050. The number of benzene rings is 2. The van der Waals surface area contributed by atoms with Gasteiger partial charge in [0.05, 0.1) is 22.7 Å². The predicted molar refractivity (Wildman–Crippen MR) is 123 cm³/mol. The molecule has 7 heteroatoms. The molecule has 5 nitrogen and oxygen atoms in total. The molecule has 2 aromatic carbocycles. The van der Waals surface area contributed by atoms with Crippen LogP contribution in [0.3, 0.4) is 0 Å². The lowest BCUT2D eigenvalue weighted by Gasteiger charge is -2.20. The van der Waals surface area contributed by atoms with Crippen molar-refractivity contribution in [2.24, 2.45) is 0 Å². The molecule has 0 radical (unpaired) electrons. The van der Waals surface area contributed by atoms with Crippen molar-refractivity contribution in [3.05, 3.63) is 68.9 Å². The molecule has 1 N–H and O–H groups in total. The molecule has 1 heterocycles. The number of carbonyl (C=O) groups excluding carboxylic acids is 1. The van der Waals surface area contributed by atoms with Crippen LogP contribution in [0.15, 0.2) is 63.0 Å². The molecular formula is C22H24BrN3O2S. The molecule has 1 atom stereocenters. The van der Waals surface area contributed by atoms with E-state index >= 15 is 0 Å². The molecule has 0 aliphatic heterocycles. The van der Waals surface area contributed by atoms with E-state index in [1.165, 1.54) is 11.8 Å². The van der Waals surface area contributed by atoms with E-state index in [-0.39, 0.29) is 23.3 Å². The van der Waals surface area contributed by atoms with Crippen LogP contribution < -0.4 is 10.9 Å². The fraction of sp³-hybridized carbons (Fsp3) is 0.318. The van der Waals surface area contributed by atoms with Crippen molar-refractivity contribution >= 4 is 44.5 Å². The molecule has 1 aromatic heterocycles. The van der Waals surface area contributed by atoms with Crippen LogP contribution in [0.5, 0.6) is 0 Å². The molecule has 0 spiro atoms. The van der Waals surface area contributed by atoms with Crippen molar-refractivity contribution in [3.63, 3.8) is 0 Å². The van der Waals surface area contributed by atoms with Gasteiger partial charge in [0.15, 0.2) is 5.16 Å². The van der Waals surface area contributed by atoms with Crippen molar-refractivity contribution in [2.45, 2.75) is 37.9 Å². The Morgan fingerprint density at radius 3 is 2.72 bits per heavy atom. The number of nitrogens with one attached hydrogen (secondary N) is 1. The first-order chi connectivity index (χ1) is 14.0. The van der Waals surface area contributed by atoms with Gasteiger partial charge in [-0.2, -0.15) is 0 Å². The number of thioether (sulfide) groups is 1. The van der Waals surface area contributed by atoms with E-state index in [4.69, 9.17) is 4.98 Å². The molecule has 0 saturated carbocycles. The van der Waals surface area contributed by atoms with Gasteiger partial charge in [-0.15, -0.1) is 0 Å². The van der Waals surface area contributed by atoms with Gasteiger partial charge in [0.1, 0.15) is 0 Å². The Balaban J connectivity index is 1.99. The highest BCUT2D eigenvalue weighted by atomic mass is 79.9. The zero-order valence-corrected chi connectivity index (χ0v) is 18.9. The number of carbonyl (C=O) groups is 1. The maximum atomic E-state index is 13.4. The van der Waals surface area contributed by atoms with Crippen LogP contribution in [-0.4, -0.2) is 27.8 Å². The molecule has 1 unspecified atom stereocenters. The maximum absolute atomic E-state index is 13.4. The molecule has 0 saturated heterocycles. The number of aromatic nitrogens is 2. The predicted octanol–water partition coefficient (Wildman–Crippen LogP) is 4.78. The average Bonchev–Trinajstić information content (AvgIpc) is 2.73. The normalized spacial score (nSPS) is 12.1. The van der Waals surface area contributed by atoms with E-state index in [1.54, 1.807) is 10.6 Å². The first-order valence-corrected chi connectivity index (χ1v) is 11.5. The fourth-order valence-electron chi connectivity index (χ4n) is 3.06. The lowest BCUT2D eigenvalue weighted by atomic mass is 10.1. The van der Waals surface area contributed by atoms with Gasteiger partial charge in [0, 0.05) is 11.0 Å². The van der Waals surface area contributed by atoms with Crippen molar-refractivity contribution in [1.82, 2.24) is 14.9 Å². The summed E-state index contributed by atoms with van der Waals surface area (Å²) in [6.45, 7) is 4.73. The molecule has 152 valence electrons. The monoisotopic (exact) mass is 473 g/mol. The van der Waals surface area contributed by atoms with Crippen molar-refractivity contribution in [2.75, 3.05) is 12.3 Å². The second kappa shape index (κ2) is 10.1. The third-order valence-corrected chi connectivity index (χ3v) is 6.13. The molecule has 3 rings (SSSR count). The van der Waals surface area contributed by atoms with Gasteiger partial charge in [0.25, 0.3) is 5.56 Å². The SMILES string of the molecule is CCCCNC(=O)CSc1nc2ccc(Br)cc2c(=O)n1C(C)c1ccccc1. The second-order valence-corrected chi connectivity index (χ2v) is 8.67. The zero-order valence-electron chi connectivity index (χ0n) is 16.5. The quantitative estimate of drug-likeness (QED) is 0.290. The first kappa shape index (κ1) is 21.6. The molecule has 3 aromatic rings. The summed E-state index contributed by atoms with van der Waals surface area (Å²) in [7, 11) is 0. The van der Waals surface area contributed by atoms with Crippen LogP contribution in [0.4, 0.5) is 0 Å². The van der Waals surface area contributed by atoms with Crippen LogP contribution in [0, 0.1) is 0 Å². The van der Waals surface area contributed by atoms with Crippen LogP contribution in [0.2, 0.25) is 0 Å². The van der Waals surface area contributed by atoms with E-state index in [0.717, 1.165) is 22.9 Å². The number of hydrogen-bond donors (Lipinski definition) is 1. The Morgan fingerprint density at radius 1 is 1.24 bits per heavy atom. The smallest absolute Gasteiger partial charge is 0.262 e. The second-order valence-electron chi connectivity index (χ2n) is 6.81. The summed E-state index contributed by atoms with van der Waals surface area (Å²) in [6.07, 6.45) is 1.98. The van der Waals surface area contributed by atoms with Crippen LogP contribution in [0.1, 0.15) is 38.3 Å². The highest BCUT2D eigenvalue weighted by molar-refractivity contribution is 9.10. The molecule has 0 fully saturated rings. The zero-order chi connectivity index (χ0) is 20.8. The van der Waals surface area contributed by atoms with Gasteiger partial charge in [-0.3, -0.25) is 14.2 Å². The third-order valence-electron chi connectivity index (χ3n) is 4.68. The number of halogens is 1. The Morgan fingerprint density at radius 2 is 2.00 bits per heavy atom. The largest absolute Gasteiger partial charge is 0.355 e.